The quantitative estimate of drug-likeness (QED) is 0.684. The SMILES string of the molecule is Cc1nnc(SCC(=O)O)n1CC(C)(C)NS(C)(=O)=O. The molecule has 0 atom stereocenters. The Kier molecular flexibility index (Phi) is 5.16. The maximum absolute atomic E-state index is 11.3. The van der Waals surface area contributed by atoms with Crippen molar-refractivity contribution in [3.8, 4) is 0 Å². The van der Waals surface area contributed by atoms with Crippen molar-refractivity contribution in [1.29, 1.82) is 0 Å². The van der Waals surface area contributed by atoms with Crippen LogP contribution in [0.25, 0.3) is 0 Å². The van der Waals surface area contributed by atoms with E-state index >= 15 is 0 Å². The summed E-state index contributed by atoms with van der Waals surface area (Å²) in [6.07, 6.45) is 1.09. The van der Waals surface area contributed by atoms with Crippen LogP contribution in [0.15, 0.2) is 5.16 Å². The van der Waals surface area contributed by atoms with Gasteiger partial charge in [0.1, 0.15) is 5.82 Å². The van der Waals surface area contributed by atoms with E-state index in [0.717, 1.165) is 18.0 Å². The fraction of sp³-hybridized carbons (Fsp3) is 0.700. The molecule has 0 aliphatic rings. The van der Waals surface area contributed by atoms with Gasteiger partial charge in [0.05, 0.1) is 12.0 Å². The van der Waals surface area contributed by atoms with Crippen molar-refractivity contribution in [2.45, 2.75) is 38.0 Å². The standard InChI is InChI=1S/C10H18N4O4S2/c1-7-11-12-9(19-5-8(15)16)14(7)6-10(2,3)13-20(4,17)18/h13H,5-6H2,1-4H3,(H,15,16). The molecule has 1 aromatic heterocycles. The van der Waals surface area contributed by atoms with E-state index in [4.69, 9.17) is 5.11 Å². The highest BCUT2D eigenvalue weighted by atomic mass is 32.2. The lowest BCUT2D eigenvalue weighted by atomic mass is 10.1. The predicted molar refractivity (Wildman–Crippen MR) is 75.2 cm³/mol. The number of thioether (sulfide) groups is 1. The number of carboxylic acids is 1. The first kappa shape index (κ1) is 16.9. The van der Waals surface area contributed by atoms with Crippen molar-refractivity contribution in [2.24, 2.45) is 0 Å². The summed E-state index contributed by atoms with van der Waals surface area (Å²) < 4.78 is 26.9. The number of carbonyl (C=O) groups is 1. The minimum absolute atomic E-state index is 0.127. The summed E-state index contributed by atoms with van der Waals surface area (Å²) in [6.45, 7) is 5.51. The fourth-order valence-electron chi connectivity index (χ4n) is 1.71. The summed E-state index contributed by atoms with van der Waals surface area (Å²) in [4.78, 5) is 10.6. The summed E-state index contributed by atoms with van der Waals surface area (Å²) in [6, 6.07) is 0. The lowest BCUT2D eigenvalue weighted by molar-refractivity contribution is -0.133. The number of nitrogens with zero attached hydrogens (tertiary/aromatic N) is 3. The zero-order valence-corrected chi connectivity index (χ0v) is 13.4. The summed E-state index contributed by atoms with van der Waals surface area (Å²) in [7, 11) is -3.34. The van der Waals surface area contributed by atoms with Crippen molar-refractivity contribution < 1.29 is 18.3 Å². The number of sulfonamides is 1. The van der Waals surface area contributed by atoms with Gasteiger partial charge >= 0.3 is 5.97 Å². The number of aryl methyl sites for hydroxylation is 1. The molecule has 0 aliphatic carbocycles. The van der Waals surface area contributed by atoms with E-state index in [-0.39, 0.29) is 5.75 Å². The Labute approximate surface area is 122 Å². The van der Waals surface area contributed by atoms with Crippen molar-refractivity contribution in [3.63, 3.8) is 0 Å². The highest BCUT2D eigenvalue weighted by molar-refractivity contribution is 7.99. The number of carboxylic acid groups (broad SMARTS) is 1. The zero-order chi connectivity index (χ0) is 15.6. The first-order chi connectivity index (χ1) is 9.00. The molecule has 0 amide bonds. The maximum Gasteiger partial charge on any atom is 0.313 e. The molecule has 114 valence electrons. The van der Waals surface area contributed by atoms with Gasteiger partial charge in [0.25, 0.3) is 0 Å². The third-order valence-corrected chi connectivity index (χ3v) is 4.12. The van der Waals surface area contributed by atoms with Gasteiger partial charge < -0.3 is 9.67 Å². The van der Waals surface area contributed by atoms with Crippen LogP contribution in [-0.2, 0) is 21.4 Å². The molecule has 0 bridgehead atoms. The van der Waals surface area contributed by atoms with Crippen LogP contribution in [0, 0.1) is 6.92 Å². The smallest absolute Gasteiger partial charge is 0.313 e. The van der Waals surface area contributed by atoms with E-state index in [0.29, 0.717) is 17.5 Å². The molecule has 0 spiro atoms. The normalized spacial score (nSPS) is 12.6. The Morgan fingerprint density at radius 1 is 1.45 bits per heavy atom. The Morgan fingerprint density at radius 3 is 2.55 bits per heavy atom. The zero-order valence-electron chi connectivity index (χ0n) is 11.7. The van der Waals surface area contributed by atoms with E-state index in [2.05, 4.69) is 14.9 Å². The van der Waals surface area contributed by atoms with Gasteiger partial charge in [-0.05, 0) is 20.8 Å². The van der Waals surface area contributed by atoms with Crippen LogP contribution in [0.3, 0.4) is 0 Å². The van der Waals surface area contributed by atoms with Crippen LogP contribution in [0.2, 0.25) is 0 Å². The molecule has 2 N–H and O–H groups in total. The van der Waals surface area contributed by atoms with Gasteiger partial charge in [0, 0.05) is 12.1 Å². The second kappa shape index (κ2) is 6.10. The average Bonchev–Trinajstić information content (AvgIpc) is 2.53. The van der Waals surface area contributed by atoms with E-state index in [1.165, 1.54) is 0 Å². The minimum Gasteiger partial charge on any atom is -0.481 e. The molecule has 0 aromatic carbocycles. The fourth-order valence-corrected chi connectivity index (χ4v) is 3.48. The molecular weight excluding hydrogens is 304 g/mol. The Bertz CT molecular complexity index is 594. The van der Waals surface area contributed by atoms with Crippen LogP contribution in [-0.4, -0.2) is 51.8 Å². The second-order valence-electron chi connectivity index (χ2n) is 5.06. The average molecular weight is 322 g/mol. The first-order valence-corrected chi connectivity index (χ1v) is 8.61. The van der Waals surface area contributed by atoms with E-state index in [9.17, 15) is 13.2 Å². The summed E-state index contributed by atoms with van der Waals surface area (Å²) >= 11 is 1.05. The van der Waals surface area contributed by atoms with Crippen molar-refractivity contribution >= 4 is 27.8 Å². The Hall–Kier alpha value is -1.13. The molecule has 1 aromatic rings. The number of hydrogen-bond donors (Lipinski definition) is 2. The third-order valence-electron chi connectivity index (χ3n) is 2.24. The highest BCUT2D eigenvalue weighted by Gasteiger charge is 2.25. The molecule has 1 rings (SSSR count). The largest absolute Gasteiger partial charge is 0.481 e. The van der Waals surface area contributed by atoms with Gasteiger partial charge in [-0.2, -0.15) is 0 Å². The van der Waals surface area contributed by atoms with Crippen LogP contribution < -0.4 is 4.72 Å². The van der Waals surface area contributed by atoms with Crippen LogP contribution in [0.1, 0.15) is 19.7 Å². The number of rotatable bonds is 7. The second-order valence-corrected chi connectivity index (χ2v) is 7.75. The number of aromatic nitrogens is 3. The summed E-state index contributed by atoms with van der Waals surface area (Å²) in [5.74, 6) is -0.477. The number of nitrogens with one attached hydrogen (secondary N) is 1. The third kappa shape index (κ3) is 5.47. The van der Waals surface area contributed by atoms with Gasteiger partial charge in [-0.3, -0.25) is 4.79 Å². The molecule has 0 unspecified atom stereocenters. The monoisotopic (exact) mass is 322 g/mol. The van der Waals surface area contributed by atoms with Gasteiger partial charge in [0.15, 0.2) is 5.16 Å². The molecule has 0 aliphatic heterocycles. The van der Waals surface area contributed by atoms with E-state index in [1.54, 1.807) is 25.3 Å². The molecule has 10 heteroatoms. The minimum atomic E-state index is -3.34. The van der Waals surface area contributed by atoms with Crippen LogP contribution >= 0.6 is 11.8 Å². The van der Waals surface area contributed by atoms with Gasteiger partial charge in [0.2, 0.25) is 10.0 Å². The van der Waals surface area contributed by atoms with E-state index in [1.807, 2.05) is 0 Å². The summed E-state index contributed by atoms with van der Waals surface area (Å²) in [5, 5.41) is 16.9. The first-order valence-electron chi connectivity index (χ1n) is 5.73. The highest BCUT2D eigenvalue weighted by Crippen LogP contribution is 2.19. The predicted octanol–water partition coefficient (Wildman–Crippen LogP) is 0.0910. The molecule has 0 radical (unpaired) electrons. The molecular formula is C10H18N4O4S2. The lowest BCUT2D eigenvalue weighted by Crippen LogP contribution is -2.46. The number of hydrogen-bond acceptors (Lipinski definition) is 6. The molecule has 0 fully saturated rings. The molecule has 20 heavy (non-hydrogen) atoms. The lowest BCUT2D eigenvalue weighted by Gasteiger charge is -2.26. The van der Waals surface area contributed by atoms with Crippen molar-refractivity contribution in [3.05, 3.63) is 5.82 Å². The molecule has 0 saturated carbocycles. The topological polar surface area (TPSA) is 114 Å². The van der Waals surface area contributed by atoms with Crippen molar-refractivity contribution in [1.82, 2.24) is 19.5 Å². The van der Waals surface area contributed by atoms with Gasteiger partial charge in [-0.15, -0.1) is 10.2 Å². The van der Waals surface area contributed by atoms with Crippen molar-refractivity contribution in [2.75, 3.05) is 12.0 Å². The number of aliphatic carboxylic acids is 1. The maximum atomic E-state index is 11.3. The van der Waals surface area contributed by atoms with Gasteiger partial charge in [-0.25, -0.2) is 13.1 Å². The van der Waals surface area contributed by atoms with Crippen LogP contribution in [0.5, 0.6) is 0 Å². The molecule has 1 heterocycles. The summed E-state index contributed by atoms with van der Waals surface area (Å²) in [5.41, 5.74) is -0.737. The molecule has 8 nitrogen and oxygen atoms in total. The van der Waals surface area contributed by atoms with Crippen LogP contribution in [0.4, 0.5) is 0 Å². The molecule has 0 saturated heterocycles. The van der Waals surface area contributed by atoms with E-state index < -0.39 is 21.5 Å². The Balaban J connectivity index is 2.91. The van der Waals surface area contributed by atoms with Gasteiger partial charge in [-0.1, -0.05) is 11.8 Å². The Morgan fingerprint density at radius 2 is 2.05 bits per heavy atom.